The molecule has 0 radical (unpaired) electrons. The summed E-state index contributed by atoms with van der Waals surface area (Å²) in [5.41, 5.74) is 0. The molecule has 0 aliphatic carbocycles. The van der Waals surface area contributed by atoms with E-state index in [1.54, 1.807) is 0 Å². The quantitative estimate of drug-likeness (QED) is 0.355. The van der Waals surface area contributed by atoms with Gasteiger partial charge in [0, 0.05) is 12.0 Å². The maximum Gasteiger partial charge on any atom is 0.105 e. The Morgan fingerprint density at radius 1 is 1.43 bits per heavy atom. The summed E-state index contributed by atoms with van der Waals surface area (Å²) in [6, 6.07) is 0. The van der Waals surface area contributed by atoms with Gasteiger partial charge >= 0.3 is 0 Å². The van der Waals surface area contributed by atoms with Crippen molar-refractivity contribution in [1.82, 2.24) is 0 Å². The van der Waals surface area contributed by atoms with E-state index in [9.17, 15) is 0 Å². The molecule has 2 atom stereocenters. The van der Waals surface area contributed by atoms with Gasteiger partial charge in [-0.15, -0.1) is 0 Å². The van der Waals surface area contributed by atoms with Gasteiger partial charge in [-0.3, -0.25) is 0 Å². The molecule has 1 aliphatic heterocycles. The molecule has 1 rings (SSSR count). The minimum atomic E-state index is 0.255. The maximum absolute atomic E-state index is 4.73. The van der Waals surface area contributed by atoms with Gasteiger partial charge in [-0.05, 0) is 13.8 Å². The topological polar surface area (TPSA) is 18.5 Å². The Morgan fingerprint density at radius 3 is 2.29 bits per heavy atom. The molecule has 1 saturated heterocycles. The van der Waals surface area contributed by atoms with Crippen LogP contribution in [0.4, 0.5) is 0 Å². The van der Waals surface area contributed by atoms with E-state index in [-0.39, 0.29) is 6.10 Å². The molecule has 1 fully saturated rings. The van der Waals surface area contributed by atoms with Crippen LogP contribution in [0.5, 0.6) is 0 Å². The van der Waals surface area contributed by atoms with Crippen molar-refractivity contribution in [2.45, 2.75) is 25.2 Å². The SMILES string of the molecule is C[C@@H]1OOS[C@@H]1C. The van der Waals surface area contributed by atoms with Gasteiger partial charge < -0.3 is 0 Å². The van der Waals surface area contributed by atoms with Crippen molar-refractivity contribution >= 4 is 12.0 Å². The molecule has 3 heteroatoms. The summed E-state index contributed by atoms with van der Waals surface area (Å²) in [5.74, 6) is 0. The van der Waals surface area contributed by atoms with E-state index in [0.717, 1.165) is 0 Å². The standard InChI is InChI=1S/C4H8O2S/c1-3-4(2)7-6-5-3/h3-4H,1-2H3/t3-,4+/m0/s1. The summed E-state index contributed by atoms with van der Waals surface area (Å²) in [4.78, 5) is 4.73. The summed E-state index contributed by atoms with van der Waals surface area (Å²) in [5, 5.41) is 0.486. The number of hydrogen-bond acceptors (Lipinski definition) is 3. The highest BCUT2D eigenvalue weighted by molar-refractivity contribution is 7.95. The lowest BCUT2D eigenvalue weighted by Gasteiger charge is -1.97. The van der Waals surface area contributed by atoms with Crippen molar-refractivity contribution in [3.63, 3.8) is 0 Å². The van der Waals surface area contributed by atoms with Crippen molar-refractivity contribution < 1.29 is 9.22 Å². The largest absolute Gasteiger partial charge is 0.220 e. The lowest BCUT2D eigenvalue weighted by molar-refractivity contribution is -0.204. The first-order chi connectivity index (χ1) is 3.30. The van der Waals surface area contributed by atoms with Crippen molar-refractivity contribution in [3.05, 3.63) is 0 Å². The molecule has 0 unspecified atom stereocenters. The highest BCUT2D eigenvalue weighted by atomic mass is 32.2. The predicted octanol–water partition coefficient (Wildman–Crippen LogP) is 1.37. The van der Waals surface area contributed by atoms with E-state index in [1.165, 1.54) is 12.0 Å². The lowest BCUT2D eigenvalue weighted by Crippen LogP contribution is -2.09. The molecule has 0 bridgehead atoms. The van der Waals surface area contributed by atoms with E-state index in [4.69, 9.17) is 4.89 Å². The van der Waals surface area contributed by atoms with Crippen molar-refractivity contribution in [1.29, 1.82) is 0 Å². The second kappa shape index (κ2) is 2.03. The van der Waals surface area contributed by atoms with E-state index < -0.39 is 0 Å². The van der Waals surface area contributed by atoms with Gasteiger partial charge in [-0.25, -0.2) is 4.89 Å². The molecule has 0 saturated carbocycles. The lowest BCUT2D eigenvalue weighted by atomic mass is 10.3. The molecule has 0 N–H and O–H groups in total. The van der Waals surface area contributed by atoms with Crippen LogP contribution in [-0.4, -0.2) is 11.4 Å². The molecule has 0 aromatic rings. The molecule has 2 nitrogen and oxygen atoms in total. The Morgan fingerprint density at radius 2 is 2.14 bits per heavy atom. The van der Waals surface area contributed by atoms with Crippen LogP contribution in [0, 0.1) is 0 Å². The van der Waals surface area contributed by atoms with E-state index in [2.05, 4.69) is 11.3 Å². The van der Waals surface area contributed by atoms with Crippen molar-refractivity contribution in [2.75, 3.05) is 0 Å². The van der Waals surface area contributed by atoms with Crippen molar-refractivity contribution in [3.8, 4) is 0 Å². The highest BCUT2D eigenvalue weighted by Gasteiger charge is 2.22. The van der Waals surface area contributed by atoms with Gasteiger partial charge in [0.05, 0.1) is 5.25 Å². The van der Waals surface area contributed by atoms with Gasteiger partial charge in [-0.1, -0.05) is 0 Å². The third kappa shape index (κ3) is 1.08. The molecule has 1 aliphatic rings. The number of rotatable bonds is 0. The maximum atomic E-state index is 4.73. The molecule has 0 amide bonds. The van der Waals surface area contributed by atoms with Crippen LogP contribution in [0.3, 0.4) is 0 Å². The van der Waals surface area contributed by atoms with Gasteiger partial charge in [0.25, 0.3) is 0 Å². The summed E-state index contributed by atoms with van der Waals surface area (Å²) in [6.45, 7) is 4.06. The number of hydrogen-bond donors (Lipinski definition) is 0. The first-order valence-corrected chi connectivity index (χ1v) is 3.10. The normalized spacial score (nSPS) is 42.0. The smallest absolute Gasteiger partial charge is 0.105 e. The van der Waals surface area contributed by atoms with Gasteiger partial charge in [-0.2, -0.15) is 4.33 Å². The van der Waals surface area contributed by atoms with E-state index in [0.29, 0.717) is 5.25 Å². The Hall–Kier alpha value is 0.270. The fraction of sp³-hybridized carbons (Fsp3) is 1.00. The van der Waals surface area contributed by atoms with Crippen molar-refractivity contribution in [2.24, 2.45) is 0 Å². The Labute approximate surface area is 47.3 Å². The molecule has 0 aromatic carbocycles. The average molecular weight is 120 g/mol. The van der Waals surface area contributed by atoms with E-state index in [1.807, 2.05) is 6.92 Å². The van der Waals surface area contributed by atoms with Gasteiger partial charge in [0.2, 0.25) is 0 Å². The molecular weight excluding hydrogens is 112 g/mol. The summed E-state index contributed by atoms with van der Waals surface area (Å²) >= 11 is 1.38. The molecule has 42 valence electrons. The fourth-order valence-corrected chi connectivity index (χ4v) is 0.798. The van der Waals surface area contributed by atoms with Gasteiger partial charge in [0.1, 0.15) is 6.10 Å². The zero-order valence-electron chi connectivity index (χ0n) is 4.38. The minimum Gasteiger partial charge on any atom is -0.220 e. The third-order valence-corrected chi connectivity index (χ3v) is 1.89. The minimum absolute atomic E-state index is 0.255. The molecular formula is C4H8O2S. The van der Waals surface area contributed by atoms with Crippen LogP contribution in [0.2, 0.25) is 0 Å². The molecule has 0 spiro atoms. The second-order valence-electron chi connectivity index (χ2n) is 1.67. The molecule has 1 heterocycles. The Kier molecular flexibility index (Phi) is 1.57. The molecule has 0 aromatic heterocycles. The highest BCUT2D eigenvalue weighted by Crippen LogP contribution is 2.25. The summed E-state index contributed by atoms with van der Waals surface area (Å²) in [6.07, 6.45) is 0.255. The predicted molar refractivity (Wildman–Crippen MR) is 28.7 cm³/mol. The van der Waals surface area contributed by atoms with Crippen LogP contribution in [0.25, 0.3) is 0 Å². The second-order valence-corrected chi connectivity index (χ2v) is 2.74. The van der Waals surface area contributed by atoms with Gasteiger partial charge in [0.15, 0.2) is 0 Å². The zero-order valence-corrected chi connectivity index (χ0v) is 5.20. The first kappa shape index (κ1) is 5.41. The van der Waals surface area contributed by atoms with Crippen LogP contribution >= 0.6 is 12.0 Å². The monoisotopic (exact) mass is 120 g/mol. The third-order valence-electron chi connectivity index (χ3n) is 1.04. The Balaban J connectivity index is 2.33. The first-order valence-electron chi connectivity index (χ1n) is 2.29. The van der Waals surface area contributed by atoms with E-state index >= 15 is 0 Å². The van der Waals surface area contributed by atoms with Crippen LogP contribution in [0.1, 0.15) is 13.8 Å². The fourth-order valence-electron chi connectivity index (χ4n) is 0.303. The Bertz CT molecular complexity index is 58.7. The summed E-state index contributed by atoms with van der Waals surface area (Å²) in [7, 11) is 0. The summed E-state index contributed by atoms with van der Waals surface area (Å²) < 4.78 is 4.59. The average Bonchev–Trinajstić information content (AvgIpc) is 1.91. The van der Waals surface area contributed by atoms with Crippen LogP contribution in [-0.2, 0) is 9.22 Å². The van der Waals surface area contributed by atoms with Crippen LogP contribution < -0.4 is 0 Å². The molecule has 7 heavy (non-hydrogen) atoms. The zero-order chi connectivity index (χ0) is 5.28. The van der Waals surface area contributed by atoms with Crippen LogP contribution in [0.15, 0.2) is 0 Å².